The van der Waals surface area contributed by atoms with Gasteiger partial charge in [-0.15, -0.1) is 0 Å². The van der Waals surface area contributed by atoms with E-state index >= 15 is 0 Å². The second kappa shape index (κ2) is 20.3. The van der Waals surface area contributed by atoms with Crippen LogP contribution >= 0.6 is 35.2 Å². The van der Waals surface area contributed by atoms with E-state index in [-0.39, 0.29) is 59.6 Å². The number of phosphoric acid groups is 3. The van der Waals surface area contributed by atoms with Crippen molar-refractivity contribution in [3.05, 3.63) is 12.7 Å². The normalized spacial score (nSPS) is 21.6. The molecule has 0 bridgehead atoms. The van der Waals surface area contributed by atoms with Crippen LogP contribution in [0, 0.1) is 5.41 Å². The van der Waals surface area contributed by atoms with Gasteiger partial charge in [-0.3, -0.25) is 32.9 Å². The summed E-state index contributed by atoms with van der Waals surface area (Å²) < 4.78 is 60.4. The number of nitrogen functional groups attached to an aromatic ring is 1. The average molecular weight is 876 g/mol. The zero-order valence-corrected chi connectivity index (χ0v) is 33.4. The third kappa shape index (κ3) is 14.6. The molecule has 0 aliphatic carbocycles. The molecule has 29 heteroatoms. The summed E-state index contributed by atoms with van der Waals surface area (Å²) in [5.41, 5.74) is 4.03. The number of hydrogen-bond acceptors (Lipinski definition) is 23. The molecule has 1 aliphatic rings. The van der Waals surface area contributed by atoms with Gasteiger partial charge in [-0.25, -0.2) is 19.3 Å². The number of nitrogens with one attached hydrogen (secondary N) is 2. The SMILES string of the molecule is CCCC(=O)CC(=O)SCCNC(=O)CCNC(=O)C(O)C(C)(C)COP(=O)([O-])OP(=O)([O-])OCC1OC(n2cnc3c(N)ncnc32)C(O)C1OP(=O)([O-])[O-]. The van der Waals surface area contributed by atoms with Crippen LogP contribution in [0.5, 0.6) is 0 Å². The lowest BCUT2D eigenvalue weighted by atomic mass is 9.87. The minimum absolute atomic E-state index is 0.0273. The molecule has 3 rings (SSSR count). The van der Waals surface area contributed by atoms with Crippen LogP contribution in [0.15, 0.2) is 12.7 Å². The molecule has 7 atom stereocenters. The summed E-state index contributed by atoms with van der Waals surface area (Å²) in [5, 5.41) is 25.8. The van der Waals surface area contributed by atoms with Crippen molar-refractivity contribution in [2.75, 3.05) is 37.8 Å². The molecule has 1 fully saturated rings. The topological polar surface area (TPSA) is 392 Å². The Morgan fingerprint density at radius 3 is 2.39 bits per heavy atom. The monoisotopic (exact) mass is 875 g/mol. The fourth-order valence-corrected chi connectivity index (χ4v) is 8.28. The van der Waals surface area contributed by atoms with Gasteiger partial charge >= 0.3 is 0 Å². The molecule has 7 unspecified atom stereocenters. The zero-order chi connectivity index (χ0) is 42.1. The predicted octanol–water partition coefficient (Wildman–Crippen LogP) is -3.10. The molecule has 316 valence electrons. The summed E-state index contributed by atoms with van der Waals surface area (Å²) in [7, 11) is -17.6. The van der Waals surface area contributed by atoms with Crippen molar-refractivity contribution in [3.63, 3.8) is 0 Å². The molecule has 56 heavy (non-hydrogen) atoms. The highest BCUT2D eigenvalue weighted by atomic mass is 32.2. The van der Waals surface area contributed by atoms with Crippen molar-refractivity contribution in [1.29, 1.82) is 0 Å². The standard InChI is InChI=1S/C27H44N7O18P3S/c1-4-5-15(35)10-18(37)56-9-8-29-17(36)6-7-30-25(40)22(39)27(2,3)12-49-55(46,47)52-54(44,45)48-11-16-21(51-53(41,42)43)20(38)26(50-16)34-14-33-19-23(28)31-13-32-24(19)34/h13-14,16,20-22,26,38-39H,4-12H2,1-3H3,(H,29,36)(H,30,40)(H,44,45)(H,46,47)(H2,28,31,32)(H2,41,42,43)/p-4. The Kier molecular flexibility index (Phi) is 17.2. The number of rotatable bonds is 23. The number of ether oxygens (including phenoxy) is 1. The highest BCUT2D eigenvalue weighted by Gasteiger charge is 2.47. The highest BCUT2D eigenvalue weighted by molar-refractivity contribution is 8.13. The van der Waals surface area contributed by atoms with Gasteiger partial charge < -0.3 is 69.0 Å². The molecule has 3 heterocycles. The molecular formula is C27H40N7O18P3S-4. The Balaban J connectivity index is 1.48. The molecular weight excluding hydrogens is 835 g/mol. The minimum Gasteiger partial charge on any atom is -0.790 e. The van der Waals surface area contributed by atoms with Crippen molar-refractivity contribution in [1.82, 2.24) is 30.2 Å². The molecule has 1 saturated heterocycles. The summed E-state index contributed by atoms with van der Waals surface area (Å²) in [5.74, 6) is -1.59. The van der Waals surface area contributed by atoms with Crippen LogP contribution in [0.4, 0.5) is 5.82 Å². The number of aliphatic hydroxyl groups excluding tert-OH is 2. The van der Waals surface area contributed by atoms with Gasteiger partial charge in [-0.2, -0.15) is 0 Å². The van der Waals surface area contributed by atoms with Crippen LogP contribution in [-0.2, 0) is 55.5 Å². The van der Waals surface area contributed by atoms with E-state index < -0.39 is 84.6 Å². The third-order valence-corrected chi connectivity index (χ3v) is 11.5. The number of imidazole rings is 1. The minimum atomic E-state index is -5.92. The van der Waals surface area contributed by atoms with E-state index in [1.807, 2.05) is 6.92 Å². The van der Waals surface area contributed by atoms with Crippen molar-refractivity contribution in [2.24, 2.45) is 5.41 Å². The molecule has 2 amide bonds. The summed E-state index contributed by atoms with van der Waals surface area (Å²) in [4.78, 5) is 107. The lowest BCUT2D eigenvalue weighted by molar-refractivity contribution is -0.347. The van der Waals surface area contributed by atoms with Gasteiger partial charge in [0.25, 0.3) is 15.6 Å². The van der Waals surface area contributed by atoms with E-state index in [1.54, 1.807) is 0 Å². The lowest BCUT2D eigenvalue weighted by Gasteiger charge is -2.36. The fraction of sp³-hybridized carbons (Fsp3) is 0.667. The number of phosphoric ester groups is 3. The van der Waals surface area contributed by atoms with Gasteiger partial charge in [0.1, 0.15) is 42.0 Å². The molecule has 25 nitrogen and oxygen atoms in total. The molecule has 0 spiro atoms. The Morgan fingerprint density at radius 2 is 1.73 bits per heavy atom. The van der Waals surface area contributed by atoms with Crippen molar-refractivity contribution in [2.45, 2.75) is 77.1 Å². The molecule has 0 radical (unpaired) electrons. The van der Waals surface area contributed by atoms with Crippen molar-refractivity contribution >= 4 is 74.9 Å². The quantitative estimate of drug-likeness (QED) is 0.0419. The number of aromatic nitrogens is 4. The summed E-state index contributed by atoms with van der Waals surface area (Å²) in [6.45, 7) is 1.73. The van der Waals surface area contributed by atoms with Gasteiger partial charge in [0.15, 0.2) is 22.8 Å². The van der Waals surface area contributed by atoms with Gasteiger partial charge in [0, 0.05) is 37.1 Å². The number of anilines is 1. The number of nitrogens with two attached hydrogens (primary N) is 1. The van der Waals surface area contributed by atoms with Crippen LogP contribution in [0.25, 0.3) is 11.2 Å². The van der Waals surface area contributed by atoms with E-state index in [4.69, 9.17) is 10.5 Å². The lowest BCUT2D eigenvalue weighted by Crippen LogP contribution is -2.46. The number of nitrogens with zero attached hydrogens (tertiary/aromatic N) is 4. The van der Waals surface area contributed by atoms with Crippen molar-refractivity contribution < 1.29 is 85.3 Å². The summed E-state index contributed by atoms with van der Waals surface area (Å²) >= 11 is 0.892. The van der Waals surface area contributed by atoms with E-state index in [0.717, 1.165) is 29.0 Å². The molecule has 0 aromatic carbocycles. The van der Waals surface area contributed by atoms with Gasteiger partial charge in [-0.05, 0) is 6.42 Å². The highest BCUT2D eigenvalue weighted by Crippen LogP contribution is 2.56. The van der Waals surface area contributed by atoms with Crippen LogP contribution in [-0.4, -0.2) is 109 Å². The maximum absolute atomic E-state index is 12.5. The van der Waals surface area contributed by atoms with Gasteiger partial charge in [-0.1, -0.05) is 32.5 Å². The number of amides is 2. The molecule has 0 saturated carbocycles. The fourth-order valence-electron chi connectivity index (χ4n) is 4.85. The first-order valence-corrected chi connectivity index (χ1v) is 21.8. The van der Waals surface area contributed by atoms with Crippen LogP contribution in [0.2, 0.25) is 0 Å². The molecule has 2 aromatic heterocycles. The number of aliphatic hydroxyl groups is 2. The largest absolute Gasteiger partial charge is 0.790 e. The number of fused-ring (bicyclic) bond motifs is 1. The summed E-state index contributed by atoms with van der Waals surface area (Å²) in [6.07, 6.45) is -6.95. The number of carbonyl (C=O) groups excluding carboxylic acids is 4. The maximum atomic E-state index is 12.5. The van der Waals surface area contributed by atoms with E-state index in [0.29, 0.717) is 12.8 Å². The molecule has 1 aliphatic heterocycles. The third-order valence-electron chi connectivity index (χ3n) is 7.61. The van der Waals surface area contributed by atoms with Crippen LogP contribution < -0.4 is 35.9 Å². The van der Waals surface area contributed by atoms with E-state index in [2.05, 4.69) is 43.5 Å². The zero-order valence-electron chi connectivity index (χ0n) is 29.9. The van der Waals surface area contributed by atoms with Crippen LogP contribution in [0.1, 0.15) is 52.7 Å². The smallest absolute Gasteiger partial charge is 0.274 e. The number of ketones is 1. The second-order valence-corrected chi connectivity index (χ2v) is 17.9. The first kappa shape index (κ1) is 47.6. The van der Waals surface area contributed by atoms with Gasteiger partial charge in [0.05, 0.1) is 33.8 Å². The molecule has 2 aromatic rings. The maximum Gasteiger partial charge on any atom is 0.274 e. The average Bonchev–Trinajstić information content (AvgIpc) is 3.64. The number of hydrogen-bond donors (Lipinski definition) is 5. The Hall–Kier alpha value is -2.77. The van der Waals surface area contributed by atoms with Gasteiger partial charge in [0.2, 0.25) is 11.8 Å². The van der Waals surface area contributed by atoms with E-state index in [1.165, 1.54) is 13.8 Å². The predicted molar refractivity (Wildman–Crippen MR) is 183 cm³/mol. The first-order chi connectivity index (χ1) is 25.9. The number of thioether (sulfide) groups is 1. The Labute approximate surface area is 322 Å². The van der Waals surface area contributed by atoms with Crippen molar-refractivity contribution in [3.8, 4) is 0 Å². The summed E-state index contributed by atoms with van der Waals surface area (Å²) in [6, 6.07) is 0. The van der Waals surface area contributed by atoms with Crippen LogP contribution in [0.3, 0.4) is 0 Å². The first-order valence-electron chi connectivity index (χ1n) is 16.4. The molecule has 6 N–H and O–H groups in total. The van der Waals surface area contributed by atoms with E-state index in [9.17, 15) is 62.7 Å². The Morgan fingerprint density at radius 1 is 1.05 bits per heavy atom. The second-order valence-electron chi connectivity index (χ2n) is 12.7. The number of carbonyl (C=O) groups is 4. The Bertz CT molecular complexity index is 1860. The number of Topliss-reactive ketones (excluding diaryl/α,β-unsaturated/α-hetero) is 1.